The van der Waals surface area contributed by atoms with Crippen LogP contribution >= 0.6 is 0 Å². The highest BCUT2D eigenvalue weighted by Gasteiger charge is 2.40. The Morgan fingerprint density at radius 2 is 1.77 bits per heavy atom. The van der Waals surface area contributed by atoms with E-state index in [1.54, 1.807) is 7.11 Å². The molecule has 1 N–H and O–H groups in total. The van der Waals surface area contributed by atoms with Crippen molar-refractivity contribution in [1.82, 2.24) is 0 Å². The molecule has 122 valence electrons. The highest BCUT2D eigenvalue weighted by Crippen LogP contribution is 2.34. The highest BCUT2D eigenvalue weighted by molar-refractivity contribution is 5.97. The first-order chi connectivity index (χ1) is 10.5. The summed E-state index contributed by atoms with van der Waals surface area (Å²) in [5.74, 6) is 0.855. The Labute approximate surface area is 133 Å². The maximum atomic E-state index is 12.8. The molecule has 4 heteroatoms. The van der Waals surface area contributed by atoms with Gasteiger partial charge < -0.3 is 14.8 Å². The Kier molecular flexibility index (Phi) is 5.46. The van der Waals surface area contributed by atoms with E-state index in [1.807, 2.05) is 32.9 Å². The fourth-order valence-corrected chi connectivity index (χ4v) is 3.43. The zero-order chi connectivity index (χ0) is 16.2. The summed E-state index contributed by atoms with van der Waals surface area (Å²) in [7, 11) is 1.67. The Morgan fingerprint density at radius 3 is 2.27 bits per heavy atom. The van der Waals surface area contributed by atoms with Gasteiger partial charge in [0.1, 0.15) is 11.4 Å². The molecule has 4 nitrogen and oxygen atoms in total. The first kappa shape index (κ1) is 16.8. The Hall–Kier alpha value is -1.55. The molecule has 1 saturated carbocycles. The molecule has 1 aliphatic carbocycles. The SMILES string of the molecule is CCOC1(C(=O)Nc2cc(C)c(OC)c(C)c2)CCCCC1. The number of rotatable bonds is 5. The summed E-state index contributed by atoms with van der Waals surface area (Å²) < 4.78 is 11.2. The van der Waals surface area contributed by atoms with E-state index in [0.29, 0.717) is 6.61 Å². The van der Waals surface area contributed by atoms with E-state index < -0.39 is 5.60 Å². The lowest BCUT2D eigenvalue weighted by atomic mass is 9.83. The molecule has 0 atom stereocenters. The van der Waals surface area contributed by atoms with Crippen molar-refractivity contribution >= 4 is 11.6 Å². The van der Waals surface area contributed by atoms with Crippen LogP contribution in [-0.2, 0) is 9.53 Å². The summed E-state index contributed by atoms with van der Waals surface area (Å²) in [4.78, 5) is 12.8. The van der Waals surface area contributed by atoms with E-state index >= 15 is 0 Å². The maximum absolute atomic E-state index is 12.8. The summed E-state index contributed by atoms with van der Waals surface area (Å²) in [6, 6.07) is 3.90. The first-order valence-corrected chi connectivity index (χ1v) is 8.13. The van der Waals surface area contributed by atoms with Crippen molar-refractivity contribution in [1.29, 1.82) is 0 Å². The summed E-state index contributed by atoms with van der Waals surface area (Å²) in [6.45, 7) is 6.49. The van der Waals surface area contributed by atoms with Crippen LogP contribution < -0.4 is 10.1 Å². The summed E-state index contributed by atoms with van der Waals surface area (Å²) in [5.41, 5.74) is 2.19. The van der Waals surface area contributed by atoms with Gasteiger partial charge in [0.2, 0.25) is 0 Å². The van der Waals surface area contributed by atoms with Gasteiger partial charge in [0.05, 0.1) is 7.11 Å². The zero-order valence-electron chi connectivity index (χ0n) is 14.1. The van der Waals surface area contributed by atoms with Crippen molar-refractivity contribution < 1.29 is 14.3 Å². The van der Waals surface area contributed by atoms with Crippen molar-refractivity contribution in [3.63, 3.8) is 0 Å². The van der Waals surface area contributed by atoms with Gasteiger partial charge in [-0.2, -0.15) is 0 Å². The third-order valence-electron chi connectivity index (χ3n) is 4.42. The molecule has 1 aliphatic rings. The topological polar surface area (TPSA) is 47.6 Å². The van der Waals surface area contributed by atoms with Crippen LogP contribution in [0.4, 0.5) is 5.69 Å². The molecule has 0 spiro atoms. The van der Waals surface area contributed by atoms with Crippen molar-refractivity contribution in [3.8, 4) is 5.75 Å². The monoisotopic (exact) mass is 305 g/mol. The van der Waals surface area contributed by atoms with Gasteiger partial charge in [-0.15, -0.1) is 0 Å². The van der Waals surface area contributed by atoms with Gasteiger partial charge in [-0.3, -0.25) is 4.79 Å². The number of hydrogen-bond donors (Lipinski definition) is 1. The Bertz CT molecular complexity index is 505. The smallest absolute Gasteiger partial charge is 0.256 e. The number of aryl methyl sites for hydroxylation is 2. The van der Waals surface area contributed by atoms with E-state index in [4.69, 9.17) is 9.47 Å². The molecule has 22 heavy (non-hydrogen) atoms. The number of carbonyl (C=O) groups excluding carboxylic acids is 1. The summed E-state index contributed by atoms with van der Waals surface area (Å²) >= 11 is 0. The molecule has 2 rings (SSSR count). The van der Waals surface area contributed by atoms with Crippen LogP contribution in [0.25, 0.3) is 0 Å². The highest BCUT2D eigenvalue weighted by atomic mass is 16.5. The molecule has 0 aliphatic heterocycles. The molecule has 1 fully saturated rings. The fraction of sp³-hybridized carbons (Fsp3) is 0.611. The van der Waals surface area contributed by atoms with Crippen LogP contribution in [0, 0.1) is 13.8 Å². The van der Waals surface area contributed by atoms with E-state index in [9.17, 15) is 4.79 Å². The van der Waals surface area contributed by atoms with Crippen molar-refractivity contribution in [3.05, 3.63) is 23.3 Å². The van der Waals surface area contributed by atoms with Gasteiger partial charge in [0, 0.05) is 12.3 Å². The second-order valence-electron chi connectivity index (χ2n) is 6.09. The Morgan fingerprint density at radius 1 is 1.18 bits per heavy atom. The van der Waals surface area contributed by atoms with Crippen molar-refractivity contribution in [2.45, 2.75) is 58.5 Å². The lowest BCUT2D eigenvalue weighted by Gasteiger charge is -2.35. The van der Waals surface area contributed by atoms with Gasteiger partial charge in [-0.05, 0) is 56.9 Å². The van der Waals surface area contributed by atoms with E-state index in [0.717, 1.165) is 48.2 Å². The number of methoxy groups -OCH3 is 1. The van der Waals surface area contributed by atoms with Crippen LogP contribution in [0.3, 0.4) is 0 Å². The lowest BCUT2D eigenvalue weighted by molar-refractivity contribution is -0.145. The number of hydrogen-bond acceptors (Lipinski definition) is 3. The fourth-order valence-electron chi connectivity index (χ4n) is 3.43. The quantitative estimate of drug-likeness (QED) is 0.894. The second kappa shape index (κ2) is 7.14. The van der Waals surface area contributed by atoms with Crippen molar-refractivity contribution in [2.75, 3.05) is 19.0 Å². The lowest BCUT2D eigenvalue weighted by Crippen LogP contribution is -2.47. The maximum Gasteiger partial charge on any atom is 0.256 e. The number of nitrogens with one attached hydrogen (secondary N) is 1. The molecular weight excluding hydrogens is 278 g/mol. The number of ether oxygens (including phenoxy) is 2. The minimum Gasteiger partial charge on any atom is -0.496 e. The summed E-state index contributed by atoms with van der Waals surface area (Å²) in [5, 5.41) is 3.05. The van der Waals surface area contributed by atoms with Gasteiger partial charge in [0.25, 0.3) is 5.91 Å². The molecule has 1 amide bonds. The first-order valence-electron chi connectivity index (χ1n) is 8.13. The van der Waals surface area contributed by atoms with E-state index in [1.165, 1.54) is 6.42 Å². The van der Waals surface area contributed by atoms with Gasteiger partial charge in [0.15, 0.2) is 0 Å². The second-order valence-corrected chi connectivity index (χ2v) is 6.09. The van der Waals surface area contributed by atoms with E-state index in [2.05, 4.69) is 5.32 Å². The molecule has 0 radical (unpaired) electrons. The molecule has 1 aromatic rings. The zero-order valence-corrected chi connectivity index (χ0v) is 14.1. The van der Waals surface area contributed by atoms with E-state index in [-0.39, 0.29) is 5.91 Å². The third kappa shape index (κ3) is 3.43. The average Bonchev–Trinajstić information content (AvgIpc) is 2.48. The molecule has 1 aromatic carbocycles. The van der Waals surface area contributed by atoms with Crippen LogP contribution in [0.15, 0.2) is 12.1 Å². The molecule has 0 bridgehead atoms. The van der Waals surface area contributed by atoms with Crippen LogP contribution in [0.1, 0.15) is 50.2 Å². The number of benzene rings is 1. The van der Waals surface area contributed by atoms with Crippen LogP contribution in [0.2, 0.25) is 0 Å². The standard InChI is InChI=1S/C18H27NO3/c1-5-22-18(9-7-6-8-10-18)17(20)19-15-11-13(2)16(21-4)14(3)12-15/h11-12H,5-10H2,1-4H3,(H,19,20). The predicted octanol–water partition coefficient (Wildman–Crippen LogP) is 3.99. The number of amides is 1. The number of anilines is 1. The van der Waals surface area contributed by atoms with Gasteiger partial charge in [-0.25, -0.2) is 0 Å². The van der Waals surface area contributed by atoms with Crippen molar-refractivity contribution in [2.24, 2.45) is 0 Å². The van der Waals surface area contributed by atoms with Gasteiger partial charge in [-0.1, -0.05) is 19.3 Å². The molecule has 0 heterocycles. The minimum atomic E-state index is -0.658. The number of carbonyl (C=O) groups is 1. The minimum absolute atomic E-state index is 0.0157. The molecular formula is C18H27NO3. The van der Waals surface area contributed by atoms with Crippen LogP contribution in [-0.4, -0.2) is 25.2 Å². The molecule has 0 saturated heterocycles. The van der Waals surface area contributed by atoms with Gasteiger partial charge >= 0.3 is 0 Å². The molecule has 0 unspecified atom stereocenters. The molecule has 0 aromatic heterocycles. The average molecular weight is 305 g/mol. The predicted molar refractivity (Wildman–Crippen MR) is 88.5 cm³/mol. The van der Waals surface area contributed by atoms with Crippen LogP contribution in [0.5, 0.6) is 5.75 Å². The largest absolute Gasteiger partial charge is 0.496 e. The summed E-state index contributed by atoms with van der Waals surface area (Å²) in [6.07, 6.45) is 4.90. The Balaban J connectivity index is 2.19. The normalized spacial score (nSPS) is 17.1. The third-order valence-corrected chi connectivity index (χ3v) is 4.42.